The van der Waals surface area contributed by atoms with E-state index in [-0.39, 0.29) is 0 Å². The monoisotopic (exact) mass is 299 g/mol. The molecule has 1 aliphatic rings. The van der Waals surface area contributed by atoms with E-state index < -0.39 is 0 Å². The van der Waals surface area contributed by atoms with Crippen molar-refractivity contribution in [2.24, 2.45) is 5.92 Å². The Labute approximate surface area is 110 Å². The molecule has 16 heavy (non-hydrogen) atoms. The molecule has 1 N–H and O–H groups in total. The van der Waals surface area contributed by atoms with Crippen LogP contribution >= 0.6 is 27.5 Å². The van der Waals surface area contributed by atoms with Gasteiger partial charge in [0.05, 0.1) is 10.7 Å². The van der Waals surface area contributed by atoms with E-state index >= 15 is 0 Å². The first-order chi connectivity index (χ1) is 7.75. The molecule has 0 fully saturated rings. The van der Waals surface area contributed by atoms with Gasteiger partial charge in [-0.3, -0.25) is 0 Å². The fourth-order valence-corrected chi connectivity index (χ4v) is 2.47. The summed E-state index contributed by atoms with van der Waals surface area (Å²) in [5, 5.41) is 4.21. The lowest BCUT2D eigenvalue weighted by Gasteiger charge is -2.19. The molecule has 0 aliphatic heterocycles. The van der Waals surface area contributed by atoms with Crippen LogP contribution in [-0.2, 0) is 0 Å². The summed E-state index contributed by atoms with van der Waals surface area (Å²) in [6, 6.07) is 5.90. The van der Waals surface area contributed by atoms with Gasteiger partial charge in [-0.05, 0) is 43.4 Å². The summed E-state index contributed by atoms with van der Waals surface area (Å²) in [6.07, 6.45) is 8.20. The predicted octanol–water partition coefficient (Wildman–Crippen LogP) is 4.87. The summed E-state index contributed by atoms with van der Waals surface area (Å²) < 4.78 is 1.06. The van der Waals surface area contributed by atoms with Crippen LogP contribution < -0.4 is 5.32 Å². The van der Waals surface area contributed by atoms with Gasteiger partial charge in [-0.2, -0.15) is 0 Å². The molecule has 0 amide bonds. The Kier molecular flexibility index (Phi) is 4.30. The van der Waals surface area contributed by atoms with Crippen LogP contribution in [0.15, 0.2) is 34.8 Å². The van der Waals surface area contributed by atoms with Crippen LogP contribution in [0.1, 0.15) is 19.3 Å². The molecule has 1 aromatic carbocycles. The summed E-state index contributed by atoms with van der Waals surface area (Å²) in [5.74, 6) is 0.736. The quantitative estimate of drug-likeness (QED) is 0.785. The predicted molar refractivity (Wildman–Crippen MR) is 74.1 cm³/mol. The zero-order valence-electron chi connectivity index (χ0n) is 9.05. The summed E-state index contributed by atoms with van der Waals surface area (Å²) >= 11 is 9.57. The maximum atomic E-state index is 6.12. The average Bonchev–Trinajstić information content (AvgIpc) is 2.32. The van der Waals surface area contributed by atoms with Crippen molar-refractivity contribution < 1.29 is 0 Å². The highest BCUT2D eigenvalue weighted by Crippen LogP contribution is 2.27. The standard InChI is InChI=1S/C13H15BrClN/c14-11-6-7-12(15)13(8-11)16-9-10-4-2-1-3-5-10/h1-2,6-8,10,16H,3-5,9H2. The fraction of sp³-hybridized carbons (Fsp3) is 0.385. The lowest BCUT2D eigenvalue weighted by Crippen LogP contribution is -2.15. The zero-order chi connectivity index (χ0) is 11.4. The van der Waals surface area contributed by atoms with Crippen molar-refractivity contribution in [3.05, 3.63) is 39.8 Å². The second-order valence-corrected chi connectivity index (χ2v) is 5.48. The van der Waals surface area contributed by atoms with Crippen LogP contribution in [0.2, 0.25) is 5.02 Å². The zero-order valence-corrected chi connectivity index (χ0v) is 11.4. The van der Waals surface area contributed by atoms with Gasteiger partial charge in [-0.25, -0.2) is 0 Å². The van der Waals surface area contributed by atoms with Crippen molar-refractivity contribution in [2.45, 2.75) is 19.3 Å². The summed E-state index contributed by atoms with van der Waals surface area (Å²) in [6.45, 7) is 1.00. The molecule has 1 nitrogen and oxygen atoms in total. The largest absolute Gasteiger partial charge is 0.384 e. The molecule has 2 rings (SSSR count). The van der Waals surface area contributed by atoms with Gasteiger partial charge in [-0.1, -0.05) is 39.7 Å². The van der Waals surface area contributed by atoms with Gasteiger partial charge in [-0.15, -0.1) is 0 Å². The van der Waals surface area contributed by atoms with Crippen molar-refractivity contribution in [1.29, 1.82) is 0 Å². The Balaban J connectivity index is 1.93. The number of halogens is 2. The molecule has 0 bridgehead atoms. The molecule has 1 atom stereocenters. The number of hydrogen-bond donors (Lipinski definition) is 1. The number of allylic oxidation sites excluding steroid dienone is 2. The molecule has 0 aromatic heterocycles. The Morgan fingerprint density at radius 3 is 3.00 bits per heavy atom. The second-order valence-electron chi connectivity index (χ2n) is 4.16. The van der Waals surface area contributed by atoms with E-state index in [0.717, 1.165) is 27.6 Å². The smallest absolute Gasteiger partial charge is 0.0638 e. The van der Waals surface area contributed by atoms with E-state index in [2.05, 4.69) is 33.4 Å². The third-order valence-corrected chi connectivity index (χ3v) is 3.71. The average molecular weight is 301 g/mol. The van der Waals surface area contributed by atoms with Crippen LogP contribution in [0.3, 0.4) is 0 Å². The highest BCUT2D eigenvalue weighted by Gasteiger charge is 2.10. The molecule has 3 heteroatoms. The Morgan fingerprint density at radius 2 is 2.25 bits per heavy atom. The van der Waals surface area contributed by atoms with Crippen LogP contribution in [0, 0.1) is 5.92 Å². The van der Waals surface area contributed by atoms with Crippen molar-refractivity contribution in [1.82, 2.24) is 0 Å². The number of rotatable bonds is 3. The molecule has 0 saturated carbocycles. The third kappa shape index (κ3) is 3.26. The van der Waals surface area contributed by atoms with E-state index in [9.17, 15) is 0 Å². The van der Waals surface area contributed by atoms with Gasteiger partial charge in [0, 0.05) is 11.0 Å². The Morgan fingerprint density at radius 1 is 1.38 bits per heavy atom. The van der Waals surface area contributed by atoms with E-state index in [1.54, 1.807) is 0 Å². The molecule has 1 aliphatic carbocycles. The third-order valence-electron chi connectivity index (χ3n) is 2.89. The summed E-state index contributed by atoms with van der Waals surface area (Å²) in [4.78, 5) is 0. The van der Waals surface area contributed by atoms with Gasteiger partial charge in [0.2, 0.25) is 0 Å². The van der Waals surface area contributed by atoms with Gasteiger partial charge >= 0.3 is 0 Å². The molecule has 0 radical (unpaired) electrons. The molecular weight excluding hydrogens is 286 g/mol. The number of benzene rings is 1. The maximum absolute atomic E-state index is 6.12. The minimum Gasteiger partial charge on any atom is -0.384 e. The van der Waals surface area contributed by atoms with Crippen LogP contribution in [0.4, 0.5) is 5.69 Å². The fourth-order valence-electron chi connectivity index (χ4n) is 1.93. The van der Waals surface area contributed by atoms with Crippen molar-refractivity contribution in [3.63, 3.8) is 0 Å². The lowest BCUT2D eigenvalue weighted by molar-refractivity contribution is 0.504. The minimum absolute atomic E-state index is 0.736. The van der Waals surface area contributed by atoms with E-state index in [1.807, 2.05) is 18.2 Å². The number of anilines is 1. The molecule has 0 saturated heterocycles. The normalized spacial score (nSPS) is 19.8. The number of hydrogen-bond acceptors (Lipinski definition) is 1. The van der Waals surface area contributed by atoms with Crippen LogP contribution in [-0.4, -0.2) is 6.54 Å². The molecule has 1 aromatic rings. The molecular formula is C13H15BrClN. The van der Waals surface area contributed by atoms with E-state index in [1.165, 1.54) is 19.3 Å². The first-order valence-electron chi connectivity index (χ1n) is 5.59. The van der Waals surface area contributed by atoms with Gasteiger partial charge in [0.15, 0.2) is 0 Å². The van der Waals surface area contributed by atoms with E-state index in [4.69, 9.17) is 11.6 Å². The van der Waals surface area contributed by atoms with Gasteiger partial charge in [0.1, 0.15) is 0 Å². The summed E-state index contributed by atoms with van der Waals surface area (Å²) in [5.41, 5.74) is 1.02. The van der Waals surface area contributed by atoms with Gasteiger partial charge < -0.3 is 5.32 Å². The van der Waals surface area contributed by atoms with Gasteiger partial charge in [0.25, 0.3) is 0 Å². The Bertz CT molecular complexity index is 390. The maximum Gasteiger partial charge on any atom is 0.0638 e. The van der Waals surface area contributed by atoms with Crippen molar-refractivity contribution >= 4 is 33.2 Å². The SMILES string of the molecule is Clc1ccc(Br)cc1NCC1CC=CCC1. The minimum atomic E-state index is 0.736. The highest BCUT2D eigenvalue weighted by atomic mass is 79.9. The molecule has 0 heterocycles. The topological polar surface area (TPSA) is 12.0 Å². The summed E-state index contributed by atoms with van der Waals surface area (Å²) in [7, 11) is 0. The van der Waals surface area contributed by atoms with Crippen LogP contribution in [0.5, 0.6) is 0 Å². The van der Waals surface area contributed by atoms with Crippen LogP contribution in [0.25, 0.3) is 0 Å². The molecule has 86 valence electrons. The first-order valence-corrected chi connectivity index (χ1v) is 6.77. The van der Waals surface area contributed by atoms with Crippen molar-refractivity contribution in [2.75, 3.05) is 11.9 Å². The Hall–Kier alpha value is -0.470. The number of nitrogens with one attached hydrogen (secondary N) is 1. The first kappa shape index (κ1) is 12.0. The highest BCUT2D eigenvalue weighted by molar-refractivity contribution is 9.10. The lowest BCUT2D eigenvalue weighted by atomic mass is 9.94. The second kappa shape index (κ2) is 5.74. The van der Waals surface area contributed by atoms with E-state index in [0.29, 0.717) is 0 Å². The van der Waals surface area contributed by atoms with Crippen molar-refractivity contribution in [3.8, 4) is 0 Å². The molecule has 1 unspecified atom stereocenters. The molecule has 0 spiro atoms.